The topological polar surface area (TPSA) is 78.4 Å². The highest BCUT2D eigenvalue weighted by Gasteiger charge is 2.44. The van der Waals surface area contributed by atoms with Crippen LogP contribution in [0.5, 0.6) is 0 Å². The molecule has 3 N–H and O–H groups in total. The van der Waals surface area contributed by atoms with Crippen LogP contribution < -0.4 is 10.6 Å². The summed E-state index contributed by atoms with van der Waals surface area (Å²) in [5.41, 5.74) is -1.07. The predicted molar refractivity (Wildman–Crippen MR) is 67.2 cm³/mol. The van der Waals surface area contributed by atoms with Gasteiger partial charge in [0.05, 0.1) is 0 Å². The zero-order valence-corrected chi connectivity index (χ0v) is 11.0. The van der Waals surface area contributed by atoms with Crippen LogP contribution in [0.3, 0.4) is 0 Å². The summed E-state index contributed by atoms with van der Waals surface area (Å²) in [4.78, 5) is 23.3. The molecule has 0 aromatic rings. The molecule has 0 spiro atoms. The number of urea groups is 1. The van der Waals surface area contributed by atoms with Gasteiger partial charge in [-0.2, -0.15) is 0 Å². The Hall–Kier alpha value is -1.26. The van der Waals surface area contributed by atoms with E-state index in [1.165, 1.54) is 0 Å². The molecule has 0 aromatic carbocycles. The average Bonchev–Trinajstić information content (AvgIpc) is 2.93. The van der Waals surface area contributed by atoms with E-state index < -0.39 is 11.5 Å². The Labute approximate surface area is 107 Å². The standard InChI is InChI=1S/C13H22N2O3/c1-8-4-3-5-13(7-8,11(16)17)15-12(18)14-10-6-9(10)2/h8-10H,3-7H2,1-2H3,(H,16,17)(H2,14,15,18). The van der Waals surface area contributed by atoms with Gasteiger partial charge in [-0.25, -0.2) is 9.59 Å². The van der Waals surface area contributed by atoms with Crippen LogP contribution in [-0.4, -0.2) is 28.7 Å². The molecule has 4 atom stereocenters. The highest BCUT2D eigenvalue weighted by Crippen LogP contribution is 2.33. The van der Waals surface area contributed by atoms with Crippen molar-refractivity contribution in [2.75, 3.05) is 0 Å². The lowest BCUT2D eigenvalue weighted by Gasteiger charge is -2.37. The van der Waals surface area contributed by atoms with Crippen LogP contribution in [0, 0.1) is 11.8 Å². The smallest absolute Gasteiger partial charge is 0.329 e. The SMILES string of the molecule is CC1CCCC(NC(=O)NC2CC2C)(C(=O)O)C1. The van der Waals surface area contributed by atoms with Crippen molar-refractivity contribution in [1.82, 2.24) is 10.6 Å². The molecule has 2 rings (SSSR count). The van der Waals surface area contributed by atoms with Crippen LogP contribution in [0.4, 0.5) is 4.79 Å². The van der Waals surface area contributed by atoms with E-state index in [1.807, 2.05) is 6.92 Å². The molecule has 5 nitrogen and oxygen atoms in total. The van der Waals surface area contributed by atoms with Gasteiger partial charge in [0, 0.05) is 6.04 Å². The van der Waals surface area contributed by atoms with Gasteiger partial charge in [-0.05, 0) is 31.1 Å². The summed E-state index contributed by atoms with van der Waals surface area (Å²) < 4.78 is 0. The van der Waals surface area contributed by atoms with Crippen molar-refractivity contribution < 1.29 is 14.7 Å². The van der Waals surface area contributed by atoms with Gasteiger partial charge in [0.25, 0.3) is 0 Å². The number of rotatable bonds is 3. The Bertz CT molecular complexity index is 358. The lowest BCUT2D eigenvalue weighted by molar-refractivity contribution is -0.146. The van der Waals surface area contributed by atoms with Crippen LogP contribution in [0.1, 0.15) is 46.0 Å². The molecule has 0 bridgehead atoms. The van der Waals surface area contributed by atoms with Crippen molar-refractivity contribution in [1.29, 1.82) is 0 Å². The third-order valence-electron chi connectivity index (χ3n) is 4.19. The Morgan fingerprint density at radius 3 is 2.50 bits per heavy atom. The second-order valence-corrected chi connectivity index (χ2v) is 6.01. The van der Waals surface area contributed by atoms with Gasteiger partial charge in [0.15, 0.2) is 0 Å². The number of nitrogens with one attached hydrogen (secondary N) is 2. The molecule has 0 heterocycles. The van der Waals surface area contributed by atoms with Gasteiger partial charge >= 0.3 is 12.0 Å². The van der Waals surface area contributed by atoms with Gasteiger partial charge in [0.1, 0.15) is 5.54 Å². The summed E-state index contributed by atoms with van der Waals surface area (Å²) in [6.45, 7) is 4.11. The highest BCUT2D eigenvalue weighted by atomic mass is 16.4. The first-order valence-corrected chi connectivity index (χ1v) is 6.75. The van der Waals surface area contributed by atoms with Crippen molar-refractivity contribution in [3.8, 4) is 0 Å². The number of aliphatic carboxylic acids is 1. The van der Waals surface area contributed by atoms with Crippen LogP contribution in [0.25, 0.3) is 0 Å². The monoisotopic (exact) mass is 254 g/mol. The molecule has 102 valence electrons. The number of carboxylic acid groups (broad SMARTS) is 1. The molecular formula is C13H22N2O3. The van der Waals surface area contributed by atoms with E-state index in [2.05, 4.69) is 17.6 Å². The maximum atomic E-state index is 11.8. The van der Waals surface area contributed by atoms with Crippen molar-refractivity contribution in [2.45, 2.75) is 57.5 Å². The largest absolute Gasteiger partial charge is 0.480 e. The molecule has 4 unspecified atom stereocenters. The Morgan fingerprint density at radius 2 is 2.00 bits per heavy atom. The van der Waals surface area contributed by atoms with E-state index in [-0.39, 0.29) is 12.1 Å². The molecular weight excluding hydrogens is 232 g/mol. The maximum absolute atomic E-state index is 11.8. The van der Waals surface area contributed by atoms with E-state index in [9.17, 15) is 14.7 Å². The van der Waals surface area contributed by atoms with Crippen molar-refractivity contribution in [2.24, 2.45) is 11.8 Å². The number of carboxylic acids is 1. The Balaban J connectivity index is 1.97. The van der Waals surface area contributed by atoms with Gasteiger partial charge < -0.3 is 15.7 Å². The molecule has 18 heavy (non-hydrogen) atoms. The maximum Gasteiger partial charge on any atom is 0.329 e. The fraction of sp³-hybridized carbons (Fsp3) is 0.846. The summed E-state index contributed by atoms with van der Waals surface area (Å²) in [7, 11) is 0. The molecule has 2 aliphatic rings. The molecule has 2 aliphatic carbocycles. The van der Waals surface area contributed by atoms with E-state index >= 15 is 0 Å². The van der Waals surface area contributed by atoms with E-state index in [4.69, 9.17) is 0 Å². The molecule has 5 heteroatoms. The number of carbonyl (C=O) groups is 2. The van der Waals surface area contributed by atoms with Gasteiger partial charge in [-0.3, -0.25) is 0 Å². The predicted octanol–water partition coefficient (Wildman–Crippen LogP) is 1.73. The van der Waals surface area contributed by atoms with Crippen molar-refractivity contribution >= 4 is 12.0 Å². The third-order valence-corrected chi connectivity index (χ3v) is 4.19. The molecule has 0 aliphatic heterocycles. The molecule has 2 fully saturated rings. The minimum absolute atomic E-state index is 0.219. The van der Waals surface area contributed by atoms with E-state index in [0.29, 0.717) is 24.7 Å². The first kappa shape index (κ1) is 13.2. The summed E-state index contributed by atoms with van der Waals surface area (Å²) >= 11 is 0. The second-order valence-electron chi connectivity index (χ2n) is 6.01. The summed E-state index contributed by atoms with van der Waals surface area (Å²) in [5.74, 6) is -0.0511. The zero-order valence-electron chi connectivity index (χ0n) is 11.0. The fourth-order valence-corrected chi connectivity index (χ4v) is 2.86. The molecule has 0 saturated heterocycles. The quantitative estimate of drug-likeness (QED) is 0.717. The number of hydrogen-bond donors (Lipinski definition) is 3. The summed E-state index contributed by atoms with van der Waals surface area (Å²) in [6, 6.07) is -0.113. The van der Waals surface area contributed by atoms with E-state index in [0.717, 1.165) is 19.3 Å². The molecule has 0 radical (unpaired) electrons. The lowest BCUT2D eigenvalue weighted by atomic mass is 9.76. The second kappa shape index (κ2) is 4.78. The van der Waals surface area contributed by atoms with Crippen LogP contribution in [0.2, 0.25) is 0 Å². The van der Waals surface area contributed by atoms with Gasteiger partial charge in [-0.15, -0.1) is 0 Å². The Kier molecular flexibility index (Phi) is 3.50. The molecule has 0 aromatic heterocycles. The third kappa shape index (κ3) is 2.76. The average molecular weight is 254 g/mol. The number of carbonyl (C=O) groups excluding carboxylic acids is 1. The van der Waals surface area contributed by atoms with Crippen molar-refractivity contribution in [3.63, 3.8) is 0 Å². The minimum Gasteiger partial charge on any atom is -0.480 e. The van der Waals surface area contributed by atoms with Crippen LogP contribution in [-0.2, 0) is 4.79 Å². The normalized spacial score (nSPS) is 38.9. The fourth-order valence-electron chi connectivity index (χ4n) is 2.86. The van der Waals surface area contributed by atoms with Gasteiger partial charge in [-0.1, -0.05) is 26.7 Å². The number of hydrogen-bond acceptors (Lipinski definition) is 2. The zero-order chi connectivity index (χ0) is 13.3. The van der Waals surface area contributed by atoms with Gasteiger partial charge in [0.2, 0.25) is 0 Å². The Morgan fingerprint density at radius 1 is 1.33 bits per heavy atom. The molecule has 2 saturated carbocycles. The van der Waals surface area contributed by atoms with E-state index in [1.54, 1.807) is 0 Å². The van der Waals surface area contributed by atoms with Crippen molar-refractivity contribution in [3.05, 3.63) is 0 Å². The summed E-state index contributed by atoms with van der Waals surface area (Å²) in [6.07, 6.45) is 3.94. The first-order valence-electron chi connectivity index (χ1n) is 6.75. The summed E-state index contributed by atoms with van der Waals surface area (Å²) in [5, 5.41) is 15.0. The lowest BCUT2D eigenvalue weighted by Crippen LogP contribution is -2.59. The van der Waals surface area contributed by atoms with Crippen LogP contribution >= 0.6 is 0 Å². The first-order chi connectivity index (χ1) is 8.43. The minimum atomic E-state index is -1.07. The highest BCUT2D eigenvalue weighted by molar-refractivity contribution is 5.86. The van der Waals surface area contributed by atoms with Crippen LogP contribution in [0.15, 0.2) is 0 Å². The molecule has 2 amide bonds. The number of amides is 2.